The highest BCUT2D eigenvalue weighted by atomic mass is 16.5. The third-order valence-corrected chi connectivity index (χ3v) is 4.12. The van der Waals surface area contributed by atoms with Crippen LogP contribution in [0.4, 0.5) is 16.2 Å². The van der Waals surface area contributed by atoms with Crippen molar-refractivity contribution in [2.24, 2.45) is 0 Å². The van der Waals surface area contributed by atoms with Gasteiger partial charge in [0.2, 0.25) is 5.91 Å². The number of nitrogens with one attached hydrogen (secondary N) is 1. The van der Waals surface area contributed by atoms with Crippen molar-refractivity contribution in [2.45, 2.75) is 25.2 Å². The molecule has 0 radical (unpaired) electrons. The van der Waals surface area contributed by atoms with Gasteiger partial charge in [0.25, 0.3) is 0 Å². The quantitative estimate of drug-likeness (QED) is 0.829. The first-order valence-corrected chi connectivity index (χ1v) is 7.06. The SMILES string of the molecule is CCOC(=O)CC12CC(=O)Nc3cccc(c31)N(C(=O)O)C2. The number of hydrogen-bond acceptors (Lipinski definition) is 4. The average molecular weight is 304 g/mol. The molecule has 0 spiro atoms. The van der Waals surface area contributed by atoms with Crippen LogP contribution >= 0.6 is 0 Å². The number of benzene rings is 1. The van der Waals surface area contributed by atoms with Gasteiger partial charge in [-0.3, -0.25) is 14.5 Å². The van der Waals surface area contributed by atoms with E-state index in [2.05, 4.69) is 5.32 Å². The molecule has 0 aliphatic carbocycles. The minimum atomic E-state index is -1.10. The lowest BCUT2D eigenvalue weighted by Gasteiger charge is -2.33. The zero-order valence-electron chi connectivity index (χ0n) is 12.1. The van der Waals surface area contributed by atoms with Crippen LogP contribution < -0.4 is 10.2 Å². The van der Waals surface area contributed by atoms with E-state index in [9.17, 15) is 19.5 Å². The van der Waals surface area contributed by atoms with Gasteiger partial charge in [-0.1, -0.05) is 6.07 Å². The van der Waals surface area contributed by atoms with E-state index in [1.54, 1.807) is 25.1 Å². The standard InChI is InChI=1S/C15H16N2O5/c1-2-22-12(19)7-15-6-11(18)16-9-4-3-5-10(13(9)15)17(8-15)14(20)21/h3-5H,2,6-8H2,1H3,(H,16,18)(H,20,21). The van der Waals surface area contributed by atoms with Crippen molar-refractivity contribution in [1.29, 1.82) is 0 Å². The van der Waals surface area contributed by atoms with Gasteiger partial charge in [0.05, 0.1) is 18.7 Å². The molecular formula is C15H16N2O5. The second-order valence-electron chi connectivity index (χ2n) is 5.56. The van der Waals surface area contributed by atoms with E-state index in [-0.39, 0.29) is 31.9 Å². The summed E-state index contributed by atoms with van der Waals surface area (Å²) in [5, 5.41) is 12.2. The number of anilines is 2. The molecule has 2 aliphatic rings. The van der Waals surface area contributed by atoms with Gasteiger partial charge in [-0.2, -0.15) is 0 Å². The Morgan fingerprint density at radius 2 is 2.23 bits per heavy atom. The lowest BCUT2D eigenvalue weighted by atomic mass is 9.73. The van der Waals surface area contributed by atoms with Gasteiger partial charge in [-0.15, -0.1) is 0 Å². The molecule has 0 aromatic heterocycles. The number of amides is 2. The van der Waals surface area contributed by atoms with Crippen molar-refractivity contribution in [1.82, 2.24) is 0 Å². The van der Waals surface area contributed by atoms with Gasteiger partial charge >= 0.3 is 12.1 Å². The lowest BCUT2D eigenvalue weighted by Crippen LogP contribution is -2.43. The van der Waals surface area contributed by atoms with Gasteiger partial charge in [0, 0.05) is 29.6 Å². The van der Waals surface area contributed by atoms with Crippen LogP contribution in [0.5, 0.6) is 0 Å². The Bertz CT molecular complexity index is 672. The summed E-state index contributed by atoms with van der Waals surface area (Å²) >= 11 is 0. The van der Waals surface area contributed by atoms with Crippen LogP contribution in [0.2, 0.25) is 0 Å². The fourth-order valence-corrected chi connectivity index (χ4v) is 3.41. The maximum absolute atomic E-state index is 12.0. The first kappa shape index (κ1) is 14.4. The highest BCUT2D eigenvalue weighted by Crippen LogP contribution is 2.51. The van der Waals surface area contributed by atoms with E-state index in [4.69, 9.17) is 4.74 Å². The van der Waals surface area contributed by atoms with Crippen LogP contribution in [-0.4, -0.2) is 36.2 Å². The fraction of sp³-hybridized carbons (Fsp3) is 0.400. The molecule has 2 amide bonds. The summed E-state index contributed by atoms with van der Waals surface area (Å²) in [6.45, 7) is 2.04. The minimum Gasteiger partial charge on any atom is -0.466 e. The molecule has 2 N–H and O–H groups in total. The summed E-state index contributed by atoms with van der Waals surface area (Å²) in [5.74, 6) is -0.647. The minimum absolute atomic E-state index is 0.0119. The predicted molar refractivity (Wildman–Crippen MR) is 78.0 cm³/mol. The summed E-state index contributed by atoms with van der Waals surface area (Å²) in [6, 6.07) is 5.11. The maximum Gasteiger partial charge on any atom is 0.411 e. The fourth-order valence-electron chi connectivity index (χ4n) is 3.41. The highest BCUT2D eigenvalue weighted by Gasteiger charge is 2.51. The Hall–Kier alpha value is -2.57. The molecule has 0 bridgehead atoms. The van der Waals surface area contributed by atoms with E-state index < -0.39 is 17.5 Å². The van der Waals surface area contributed by atoms with E-state index in [0.29, 0.717) is 16.9 Å². The number of carbonyl (C=O) groups excluding carboxylic acids is 2. The summed E-state index contributed by atoms with van der Waals surface area (Å²) in [6.07, 6.45) is -1.04. The van der Waals surface area contributed by atoms with Crippen molar-refractivity contribution >= 4 is 29.3 Å². The molecule has 22 heavy (non-hydrogen) atoms. The van der Waals surface area contributed by atoms with E-state index in [0.717, 1.165) is 0 Å². The molecule has 0 saturated carbocycles. The van der Waals surface area contributed by atoms with Gasteiger partial charge in [-0.25, -0.2) is 4.79 Å². The normalized spacial score (nSPS) is 22.0. The van der Waals surface area contributed by atoms with Crippen LogP contribution in [0.3, 0.4) is 0 Å². The van der Waals surface area contributed by atoms with Crippen molar-refractivity contribution in [3.05, 3.63) is 23.8 Å². The topological polar surface area (TPSA) is 95.9 Å². The molecule has 2 aliphatic heterocycles. The smallest absolute Gasteiger partial charge is 0.411 e. The third kappa shape index (κ3) is 2.09. The second-order valence-corrected chi connectivity index (χ2v) is 5.56. The number of carbonyl (C=O) groups is 3. The number of hydrogen-bond donors (Lipinski definition) is 2. The van der Waals surface area contributed by atoms with Gasteiger partial charge < -0.3 is 15.2 Å². The number of carboxylic acid groups (broad SMARTS) is 1. The van der Waals surface area contributed by atoms with Crippen molar-refractivity contribution in [3.63, 3.8) is 0 Å². The molecule has 1 aromatic carbocycles. The lowest BCUT2D eigenvalue weighted by molar-refractivity contribution is -0.144. The van der Waals surface area contributed by atoms with Crippen molar-refractivity contribution in [3.8, 4) is 0 Å². The molecule has 7 nitrogen and oxygen atoms in total. The monoisotopic (exact) mass is 304 g/mol. The van der Waals surface area contributed by atoms with Crippen LogP contribution in [0.15, 0.2) is 18.2 Å². The van der Waals surface area contributed by atoms with Crippen LogP contribution in [0.1, 0.15) is 25.3 Å². The van der Waals surface area contributed by atoms with Crippen LogP contribution in [-0.2, 0) is 19.7 Å². The molecule has 1 unspecified atom stereocenters. The molecule has 0 fully saturated rings. The molecule has 0 saturated heterocycles. The Kier molecular flexibility index (Phi) is 3.27. The average Bonchev–Trinajstić information content (AvgIpc) is 2.75. The number of esters is 1. The largest absolute Gasteiger partial charge is 0.466 e. The van der Waals surface area contributed by atoms with Crippen LogP contribution in [0.25, 0.3) is 0 Å². The number of nitrogens with zero attached hydrogens (tertiary/aromatic N) is 1. The Labute approximate surface area is 126 Å². The summed E-state index contributed by atoms with van der Waals surface area (Å²) < 4.78 is 5.00. The van der Waals surface area contributed by atoms with Crippen LogP contribution in [0, 0.1) is 0 Å². The molecular weight excluding hydrogens is 288 g/mol. The Morgan fingerprint density at radius 1 is 1.45 bits per heavy atom. The Balaban J connectivity index is 2.10. The summed E-state index contributed by atoms with van der Waals surface area (Å²) in [5.41, 5.74) is 0.958. The maximum atomic E-state index is 12.0. The predicted octanol–water partition coefficient (Wildman–Crippen LogP) is 1.72. The summed E-state index contributed by atoms with van der Waals surface area (Å²) in [4.78, 5) is 36.7. The third-order valence-electron chi connectivity index (χ3n) is 4.12. The zero-order valence-corrected chi connectivity index (χ0v) is 12.1. The van der Waals surface area contributed by atoms with E-state index >= 15 is 0 Å². The zero-order chi connectivity index (χ0) is 15.9. The molecule has 3 rings (SSSR count). The molecule has 116 valence electrons. The highest BCUT2D eigenvalue weighted by molar-refractivity contribution is 6.02. The van der Waals surface area contributed by atoms with E-state index in [1.165, 1.54) is 4.90 Å². The second kappa shape index (κ2) is 5.01. The molecule has 1 atom stereocenters. The first-order chi connectivity index (χ1) is 10.5. The van der Waals surface area contributed by atoms with Crippen molar-refractivity contribution < 1.29 is 24.2 Å². The number of rotatable bonds is 3. The Morgan fingerprint density at radius 3 is 2.91 bits per heavy atom. The molecule has 7 heteroatoms. The van der Waals surface area contributed by atoms with E-state index in [1.807, 2.05) is 0 Å². The van der Waals surface area contributed by atoms with Gasteiger partial charge in [0.15, 0.2) is 0 Å². The number of ether oxygens (including phenoxy) is 1. The van der Waals surface area contributed by atoms with Crippen molar-refractivity contribution in [2.75, 3.05) is 23.4 Å². The molecule has 2 heterocycles. The van der Waals surface area contributed by atoms with Gasteiger partial charge in [-0.05, 0) is 19.1 Å². The summed E-state index contributed by atoms with van der Waals surface area (Å²) in [7, 11) is 0. The first-order valence-electron chi connectivity index (χ1n) is 7.06. The molecule has 1 aromatic rings. The van der Waals surface area contributed by atoms with Gasteiger partial charge in [0.1, 0.15) is 0 Å².